The number of pyridine rings is 2. The number of hydrogen-bond acceptors (Lipinski definition) is 5. The van der Waals surface area contributed by atoms with E-state index in [9.17, 15) is 4.39 Å². The zero-order valence-corrected chi connectivity index (χ0v) is 16.9. The van der Waals surface area contributed by atoms with E-state index in [0.717, 1.165) is 33.7 Å². The number of nitrogens with one attached hydrogen (secondary N) is 1. The molecule has 5 rings (SSSR count). The molecule has 2 aromatic carbocycles. The molecule has 6 heteroatoms. The Morgan fingerprint density at radius 3 is 2.48 bits per heavy atom. The minimum Gasteiger partial charge on any atom is -0.497 e. The Morgan fingerprint density at radius 2 is 1.71 bits per heavy atom. The molecule has 2 aromatic heterocycles. The van der Waals surface area contributed by atoms with Gasteiger partial charge in [-0.05, 0) is 53.1 Å². The van der Waals surface area contributed by atoms with Gasteiger partial charge < -0.3 is 10.5 Å². The van der Waals surface area contributed by atoms with Crippen LogP contribution in [0.4, 0.5) is 4.39 Å². The number of aromatic nitrogens is 2. The van der Waals surface area contributed by atoms with Gasteiger partial charge in [-0.2, -0.15) is 4.39 Å². The van der Waals surface area contributed by atoms with Crippen molar-refractivity contribution < 1.29 is 9.13 Å². The Labute approximate surface area is 179 Å². The molecule has 1 aliphatic heterocycles. The predicted octanol–water partition coefficient (Wildman–Crippen LogP) is 4.14. The lowest BCUT2D eigenvalue weighted by Crippen LogP contribution is -2.42. The average Bonchev–Trinajstić information content (AvgIpc) is 3.13. The summed E-state index contributed by atoms with van der Waals surface area (Å²) in [7, 11) is 1.64. The van der Waals surface area contributed by atoms with Crippen LogP contribution in [0.5, 0.6) is 5.75 Å². The van der Waals surface area contributed by atoms with Crippen molar-refractivity contribution in [3.8, 4) is 16.9 Å². The van der Waals surface area contributed by atoms with Gasteiger partial charge in [-0.3, -0.25) is 10.3 Å². The maximum absolute atomic E-state index is 14.4. The number of halogens is 1. The summed E-state index contributed by atoms with van der Waals surface area (Å²) in [4.78, 5) is 8.33. The van der Waals surface area contributed by atoms with E-state index in [4.69, 9.17) is 10.5 Å². The summed E-state index contributed by atoms with van der Waals surface area (Å²) in [6.45, 7) is 0. The second-order valence-corrected chi connectivity index (χ2v) is 7.46. The highest BCUT2D eigenvalue weighted by Gasteiger charge is 2.46. The summed E-state index contributed by atoms with van der Waals surface area (Å²) in [5.74, 6) is 0.259. The lowest BCUT2D eigenvalue weighted by atomic mass is 9.78. The summed E-state index contributed by atoms with van der Waals surface area (Å²) in [5, 5.41) is 3.56. The third-order valence-electron chi connectivity index (χ3n) is 5.80. The molecule has 4 aromatic rings. The molecule has 0 radical (unpaired) electrons. The Balaban J connectivity index is 1.75. The molecule has 3 N–H and O–H groups in total. The van der Waals surface area contributed by atoms with Crippen LogP contribution in [0.2, 0.25) is 0 Å². The van der Waals surface area contributed by atoms with E-state index >= 15 is 0 Å². The maximum Gasteiger partial charge on any atom is 0.220 e. The number of fused-ring (bicyclic) bond motifs is 1. The number of ether oxygens (including phenoxy) is 1. The minimum absolute atomic E-state index is 0.447. The number of nitrogens with zero attached hydrogens (tertiary/aromatic N) is 2. The number of methoxy groups -OCH3 is 1. The third kappa shape index (κ3) is 3.08. The molecule has 0 amide bonds. The molecule has 0 saturated carbocycles. The topological polar surface area (TPSA) is 73.1 Å². The van der Waals surface area contributed by atoms with Gasteiger partial charge in [0.2, 0.25) is 5.95 Å². The molecule has 0 spiro atoms. The summed E-state index contributed by atoms with van der Waals surface area (Å²) in [6, 6.07) is 23.1. The van der Waals surface area contributed by atoms with Crippen molar-refractivity contribution in [1.82, 2.24) is 15.3 Å². The molecule has 5 nitrogen and oxygen atoms in total. The normalized spacial score (nSPS) is 19.8. The van der Waals surface area contributed by atoms with Gasteiger partial charge in [-0.1, -0.05) is 36.4 Å². The summed E-state index contributed by atoms with van der Waals surface area (Å²) in [6.07, 6.45) is 2.74. The van der Waals surface area contributed by atoms with Crippen LogP contribution >= 0.6 is 0 Å². The van der Waals surface area contributed by atoms with Gasteiger partial charge in [0, 0.05) is 23.5 Å². The van der Waals surface area contributed by atoms with Gasteiger partial charge in [0.1, 0.15) is 11.9 Å². The van der Waals surface area contributed by atoms with Crippen LogP contribution in [-0.4, -0.2) is 17.1 Å². The van der Waals surface area contributed by atoms with Crippen LogP contribution in [0, 0.1) is 5.95 Å². The summed E-state index contributed by atoms with van der Waals surface area (Å²) >= 11 is 0. The molecular weight excluding hydrogens is 391 g/mol. The molecule has 154 valence electrons. The summed E-state index contributed by atoms with van der Waals surface area (Å²) in [5.41, 5.74) is 10.6. The first kappa shape index (κ1) is 19.4. The van der Waals surface area contributed by atoms with E-state index in [1.807, 2.05) is 60.7 Å². The van der Waals surface area contributed by atoms with Gasteiger partial charge in [-0.25, -0.2) is 4.98 Å². The Kier molecular flexibility index (Phi) is 4.73. The van der Waals surface area contributed by atoms with E-state index in [2.05, 4.69) is 15.3 Å². The highest BCUT2D eigenvalue weighted by molar-refractivity contribution is 5.66. The molecule has 31 heavy (non-hydrogen) atoms. The van der Waals surface area contributed by atoms with Crippen molar-refractivity contribution in [3.05, 3.63) is 114 Å². The fourth-order valence-electron chi connectivity index (χ4n) is 4.37. The van der Waals surface area contributed by atoms with Gasteiger partial charge in [0.25, 0.3) is 0 Å². The zero-order chi connectivity index (χ0) is 21.4. The number of nitrogens with two attached hydrogens (primary N) is 1. The SMILES string of the molecule is COc1ccc(C2(c3cccc(-c4cccnc4F)c3)NC(N)c3ncccc32)cc1. The van der Waals surface area contributed by atoms with Crippen molar-refractivity contribution in [2.75, 3.05) is 7.11 Å². The van der Waals surface area contributed by atoms with E-state index in [-0.39, 0.29) is 0 Å². The lowest BCUT2D eigenvalue weighted by molar-refractivity contribution is 0.413. The minimum atomic E-state index is -0.746. The average molecular weight is 412 g/mol. The van der Waals surface area contributed by atoms with Gasteiger partial charge in [-0.15, -0.1) is 0 Å². The molecule has 2 atom stereocenters. The van der Waals surface area contributed by atoms with Gasteiger partial charge in [0.15, 0.2) is 0 Å². The molecule has 0 bridgehead atoms. The molecular formula is C25H21FN4O. The number of benzene rings is 2. The largest absolute Gasteiger partial charge is 0.497 e. The molecule has 0 aliphatic carbocycles. The van der Waals surface area contributed by atoms with Crippen LogP contribution < -0.4 is 15.8 Å². The zero-order valence-electron chi connectivity index (χ0n) is 16.9. The second-order valence-electron chi connectivity index (χ2n) is 7.46. The maximum atomic E-state index is 14.4. The van der Waals surface area contributed by atoms with E-state index in [1.165, 1.54) is 6.20 Å². The van der Waals surface area contributed by atoms with Crippen molar-refractivity contribution >= 4 is 0 Å². The second kappa shape index (κ2) is 7.58. The van der Waals surface area contributed by atoms with E-state index in [0.29, 0.717) is 5.56 Å². The first-order chi connectivity index (χ1) is 15.1. The first-order valence-corrected chi connectivity index (χ1v) is 9.98. The van der Waals surface area contributed by atoms with Crippen LogP contribution in [0.25, 0.3) is 11.1 Å². The van der Waals surface area contributed by atoms with Crippen molar-refractivity contribution in [3.63, 3.8) is 0 Å². The van der Waals surface area contributed by atoms with E-state index < -0.39 is 17.7 Å². The first-order valence-electron chi connectivity index (χ1n) is 9.98. The standard InChI is InChI=1S/C25H21FN4O/c1-31-19-11-9-17(10-12-19)25(21-8-4-13-28-22(21)24(27)30-25)18-6-2-5-16(15-18)20-7-3-14-29-23(20)26/h2-15,24,30H,27H2,1H3. The predicted molar refractivity (Wildman–Crippen MR) is 117 cm³/mol. The fourth-order valence-corrected chi connectivity index (χ4v) is 4.37. The third-order valence-corrected chi connectivity index (χ3v) is 5.80. The number of rotatable bonds is 4. The smallest absolute Gasteiger partial charge is 0.220 e. The molecule has 2 unspecified atom stereocenters. The monoisotopic (exact) mass is 412 g/mol. The summed E-state index contributed by atoms with van der Waals surface area (Å²) < 4.78 is 19.8. The van der Waals surface area contributed by atoms with E-state index in [1.54, 1.807) is 25.4 Å². The molecule has 1 aliphatic rings. The van der Waals surface area contributed by atoms with Gasteiger partial charge >= 0.3 is 0 Å². The van der Waals surface area contributed by atoms with Gasteiger partial charge in [0.05, 0.1) is 18.3 Å². The van der Waals surface area contributed by atoms with Crippen molar-refractivity contribution in [2.45, 2.75) is 11.7 Å². The Bertz CT molecular complexity index is 1240. The van der Waals surface area contributed by atoms with Crippen LogP contribution in [0.3, 0.4) is 0 Å². The quantitative estimate of drug-likeness (QED) is 0.493. The highest BCUT2D eigenvalue weighted by Crippen LogP contribution is 2.45. The molecule has 3 heterocycles. The fraction of sp³-hybridized carbons (Fsp3) is 0.120. The lowest BCUT2D eigenvalue weighted by Gasteiger charge is -2.33. The van der Waals surface area contributed by atoms with Crippen LogP contribution in [-0.2, 0) is 5.54 Å². The molecule has 0 fully saturated rings. The van der Waals surface area contributed by atoms with Crippen molar-refractivity contribution in [1.29, 1.82) is 0 Å². The Morgan fingerprint density at radius 1 is 0.935 bits per heavy atom. The van der Waals surface area contributed by atoms with Crippen molar-refractivity contribution in [2.24, 2.45) is 5.73 Å². The number of hydrogen-bond donors (Lipinski definition) is 2. The highest BCUT2D eigenvalue weighted by atomic mass is 19.1. The Hall–Kier alpha value is -3.61. The van der Waals surface area contributed by atoms with Crippen LogP contribution in [0.15, 0.2) is 85.2 Å². The van der Waals surface area contributed by atoms with Crippen LogP contribution in [0.1, 0.15) is 28.6 Å². The molecule has 0 saturated heterocycles.